The molecule has 0 aliphatic carbocycles. The van der Waals surface area contributed by atoms with Crippen molar-refractivity contribution < 1.29 is 23.0 Å². The Kier molecular flexibility index (Phi) is 5.00. The van der Waals surface area contributed by atoms with Gasteiger partial charge in [-0.2, -0.15) is 18.3 Å². The van der Waals surface area contributed by atoms with Crippen LogP contribution in [0.25, 0.3) is 0 Å². The van der Waals surface area contributed by atoms with Gasteiger partial charge in [0.25, 0.3) is 0 Å². The average Bonchev–Trinajstić information content (AvgIpc) is 2.51. The molecule has 2 aromatic carbocycles. The minimum absolute atomic E-state index is 0.0268. The number of nitrogens with one attached hydrogen (secondary N) is 1. The van der Waals surface area contributed by atoms with E-state index in [1.807, 2.05) is 0 Å². The van der Waals surface area contributed by atoms with Crippen molar-refractivity contribution in [1.82, 2.24) is 0 Å². The lowest BCUT2D eigenvalue weighted by Gasteiger charge is -2.08. The third-order valence-corrected chi connectivity index (χ3v) is 3.31. The molecule has 0 atom stereocenters. The Morgan fingerprint density at radius 3 is 2.65 bits per heavy atom. The second-order valence-corrected chi connectivity index (χ2v) is 4.85. The third-order valence-electron chi connectivity index (χ3n) is 2.92. The van der Waals surface area contributed by atoms with E-state index in [1.54, 1.807) is 6.07 Å². The van der Waals surface area contributed by atoms with Crippen molar-refractivity contribution in [3.05, 3.63) is 52.5 Å². The van der Waals surface area contributed by atoms with Crippen molar-refractivity contribution in [2.45, 2.75) is 6.18 Å². The summed E-state index contributed by atoms with van der Waals surface area (Å²) in [5.41, 5.74) is 2.25. The zero-order chi connectivity index (χ0) is 17.0. The lowest BCUT2D eigenvalue weighted by Crippen LogP contribution is -2.05. The van der Waals surface area contributed by atoms with Crippen LogP contribution < -0.4 is 10.2 Å². The van der Waals surface area contributed by atoms with E-state index in [4.69, 9.17) is 16.3 Å². The Morgan fingerprint density at radius 2 is 2.00 bits per heavy atom. The highest BCUT2D eigenvalue weighted by atomic mass is 35.5. The molecule has 0 bridgehead atoms. The van der Waals surface area contributed by atoms with Crippen LogP contribution in [0.1, 0.15) is 11.1 Å². The molecule has 122 valence electrons. The average molecular weight is 345 g/mol. The molecule has 0 fully saturated rings. The lowest BCUT2D eigenvalue weighted by molar-refractivity contribution is -0.137. The van der Waals surface area contributed by atoms with Gasteiger partial charge in [0.05, 0.1) is 29.6 Å². The Bertz CT molecular complexity index is 733. The number of halogens is 4. The molecular weight excluding hydrogens is 333 g/mol. The first-order valence-electron chi connectivity index (χ1n) is 6.34. The summed E-state index contributed by atoms with van der Waals surface area (Å²) >= 11 is 5.95. The van der Waals surface area contributed by atoms with Gasteiger partial charge < -0.3 is 9.84 Å². The Morgan fingerprint density at radius 1 is 1.26 bits per heavy atom. The van der Waals surface area contributed by atoms with E-state index < -0.39 is 11.7 Å². The molecule has 2 N–H and O–H groups in total. The molecule has 0 unspecified atom stereocenters. The van der Waals surface area contributed by atoms with Gasteiger partial charge in [-0.05, 0) is 30.3 Å². The minimum Gasteiger partial charge on any atom is -0.503 e. The van der Waals surface area contributed by atoms with Crippen LogP contribution in [0, 0.1) is 0 Å². The summed E-state index contributed by atoms with van der Waals surface area (Å²) in [5.74, 6) is -0.0322. The molecule has 0 heterocycles. The summed E-state index contributed by atoms with van der Waals surface area (Å²) in [7, 11) is 1.38. The van der Waals surface area contributed by atoms with Crippen LogP contribution in [-0.4, -0.2) is 18.4 Å². The van der Waals surface area contributed by atoms with Gasteiger partial charge in [-0.1, -0.05) is 17.7 Å². The molecule has 0 saturated carbocycles. The predicted octanol–water partition coefficient (Wildman–Crippen LogP) is 4.52. The van der Waals surface area contributed by atoms with Crippen molar-refractivity contribution in [3.8, 4) is 11.5 Å². The normalized spacial score (nSPS) is 11.7. The first kappa shape index (κ1) is 17.0. The molecule has 2 aromatic rings. The van der Waals surface area contributed by atoms with Crippen LogP contribution >= 0.6 is 11.6 Å². The smallest absolute Gasteiger partial charge is 0.416 e. The van der Waals surface area contributed by atoms with E-state index in [-0.39, 0.29) is 22.2 Å². The number of aromatic hydroxyl groups is 1. The number of nitrogens with zero attached hydrogens (tertiary/aromatic N) is 1. The molecular formula is C15H12ClF3N2O2. The van der Waals surface area contributed by atoms with E-state index >= 15 is 0 Å². The fourth-order valence-corrected chi connectivity index (χ4v) is 1.97. The van der Waals surface area contributed by atoms with Gasteiger partial charge in [-0.3, -0.25) is 5.43 Å². The standard InChI is InChI=1S/C15H12ClF3N2O2/c1-23-12-6-5-9(13(16)14(12)22)8-20-21-11-4-2-3-10(7-11)15(17,18)19/h2-8,21-22H,1H3. The number of hydrogen-bond donors (Lipinski definition) is 2. The summed E-state index contributed by atoms with van der Waals surface area (Å²) < 4.78 is 42.7. The van der Waals surface area contributed by atoms with Gasteiger partial charge in [-0.25, -0.2) is 0 Å². The maximum Gasteiger partial charge on any atom is 0.416 e. The SMILES string of the molecule is COc1ccc(C=NNc2cccc(C(F)(F)F)c2)c(Cl)c1O. The zero-order valence-corrected chi connectivity index (χ0v) is 12.6. The molecule has 2 rings (SSSR count). The fraction of sp³-hybridized carbons (Fsp3) is 0.133. The number of hydrogen-bond acceptors (Lipinski definition) is 4. The molecule has 0 aliphatic heterocycles. The zero-order valence-electron chi connectivity index (χ0n) is 11.9. The van der Waals surface area contributed by atoms with E-state index in [1.165, 1.54) is 31.5 Å². The summed E-state index contributed by atoms with van der Waals surface area (Å²) in [4.78, 5) is 0. The molecule has 0 amide bonds. The number of rotatable bonds is 4. The third kappa shape index (κ3) is 4.07. The lowest BCUT2D eigenvalue weighted by atomic mass is 10.2. The van der Waals surface area contributed by atoms with E-state index in [9.17, 15) is 18.3 Å². The minimum atomic E-state index is -4.42. The monoisotopic (exact) mass is 344 g/mol. The quantitative estimate of drug-likeness (QED) is 0.633. The molecule has 0 aliphatic rings. The van der Waals surface area contributed by atoms with Crippen LogP contribution in [0.5, 0.6) is 11.5 Å². The topological polar surface area (TPSA) is 53.8 Å². The summed E-state index contributed by atoms with van der Waals surface area (Å²) in [5, 5.41) is 13.6. The first-order chi connectivity index (χ1) is 10.8. The van der Waals surface area contributed by atoms with Gasteiger partial charge >= 0.3 is 6.18 Å². The summed E-state index contributed by atoms with van der Waals surface area (Å²) in [6.07, 6.45) is -3.14. The molecule has 0 saturated heterocycles. The van der Waals surface area contributed by atoms with E-state index in [0.717, 1.165) is 12.1 Å². The van der Waals surface area contributed by atoms with Crippen LogP contribution in [0.3, 0.4) is 0 Å². The van der Waals surface area contributed by atoms with Crippen molar-refractivity contribution in [1.29, 1.82) is 0 Å². The molecule has 0 spiro atoms. The number of benzene rings is 2. The highest BCUT2D eigenvalue weighted by molar-refractivity contribution is 6.34. The number of anilines is 1. The fourth-order valence-electron chi connectivity index (χ4n) is 1.77. The highest BCUT2D eigenvalue weighted by Crippen LogP contribution is 2.35. The van der Waals surface area contributed by atoms with Crippen LogP contribution in [0.15, 0.2) is 41.5 Å². The molecule has 23 heavy (non-hydrogen) atoms. The van der Waals surface area contributed by atoms with Gasteiger partial charge in [0, 0.05) is 5.56 Å². The Hall–Kier alpha value is -2.41. The number of phenols is 1. The van der Waals surface area contributed by atoms with E-state index in [2.05, 4.69) is 10.5 Å². The van der Waals surface area contributed by atoms with E-state index in [0.29, 0.717) is 5.56 Å². The molecule has 0 aromatic heterocycles. The molecule has 8 heteroatoms. The number of ether oxygens (including phenoxy) is 1. The van der Waals surface area contributed by atoms with Crippen molar-refractivity contribution >= 4 is 23.5 Å². The maximum atomic E-state index is 12.6. The number of phenolic OH excluding ortho intramolecular Hbond substituents is 1. The highest BCUT2D eigenvalue weighted by Gasteiger charge is 2.30. The molecule has 4 nitrogen and oxygen atoms in total. The largest absolute Gasteiger partial charge is 0.503 e. The van der Waals surface area contributed by atoms with Crippen LogP contribution in [0.4, 0.5) is 18.9 Å². The van der Waals surface area contributed by atoms with Gasteiger partial charge in [0.2, 0.25) is 0 Å². The van der Waals surface area contributed by atoms with Crippen molar-refractivity contribution in [2.24, 2.45) is 5.10 Å². The van der Waals surface area contributed by atoms with Gasteiger partial charge in [-0.15, -0.1) is 0 Å². The second kappa shape index (κ2) is 6.78. The first-order valence-corrected chi connectivity index (χ1v) is 6.72. The van der Waals surface area contributed by atoms with Crippen molar-refractivity contribution in [2.75, 3.05) is 12.5 Å². The van der Waals surface area contributed by atoms with Gasteiger partial charge in [0.1, 0.15) is 0 Å². The number of alkyl halides is 3. The maximum absolute atomic E-state index is 12.6. The Balaban J connectivity index is 2.15. The van der Waals surface area contributed by atoms with Crippen LogP contribution in [-0.2, 0) is 6.18 Å². The molecule has 0 radical (unpaired) electrons. The Labute approximate surface area is 135 Å². The predicted molar refractivity (Wildman–Crippen MR) is 82.3 cm³/mol. The van der Waals surface area contributed by atoms with Crippen molar-refractivity contribution in [3.63, 3.8) is 0 Å². The van der Waals surface area contributed by atoms with Crippen LogP contribution in [0.2, 0.25) is 5.02 Å². The number of hydrazone groups is 1. The summed E-state index contributed by atoms with van der Waals surface area (Å²) in [6.45, 7) is 0. The van der Waals surface area contributed by atoms with Gasteiger partial charge in [0.15, 0.2) is 11.5 Å². The summed E-state index contributed by atoms with van der Waals surface area (Å²) in [6, 6.07) is 7.66. The number of methoxy groups -OCH3 is 1. The second-order valence-electron chi connectivity index (χ2n) is 4.47.